The Labute approximate surface area is 167 Å². The Balaban J connectivity index is 1.50. The third kappa shape index (κ3) is 3.15. The van der Waals surface area contributed by atoms with Crippen LogP contribution in [0.3, 0.4) is 0 Å². The Hall–Kier alpha value is -2.50. The van der Waals surface area contributed by atoms with Crippen molar-refractivity contribution in [3.05, 3.63) is 75.1 Å². The van der Waals surface area contributed by atoms with Crippen molar-refractivity contribution in [2.24, 2.45) is 0 Å². The van der Waals surface area contributed by atoms with E-state index in [4.69, 9.17) is 9.40 Å². The lowest BCUT2D eigenvalue weighted by molar-refractivity contribution is -0.931. The normalized spacial score (nSPS) is 19.6. The van der Waals surface area contributed by atoms with Gasteiger partial charge in [0.1, 0.15) is 18.2 Å². The highest BCUT2D eigenvalue weighted by Gasteiger charge is 2.33. The molecule has 4 aromatic rings. The van der Waals surface area contributed by atoms with Crippen LogP contribution in [0, 0.1) is 0 Å². The van der Waals surface area contributed by atoms with E-state index in [1.54, 1.807) is 6.07 Å². The van der Waals surface area contributed by atoms with E-state index < -0.39 is 0 Å². The van der Waals surface area contributed by atoms with E-state index in [0.29, 0.717) is 11.6 Å². The smallest absolute Gasteiger partial charge is 0.336 e. The van der Waals surface area contributed by atoms with Crippen molar-refractivity contribution in [2.45, 2.75) is 38.8 Å². The molecule has 3 heterocycles. The first kappa shape index (κ1) is 17.6. The van der Waals surface area contributed by atoms with Gasteiger partial charge in [-0.3, -0.25) is 0 Å². The maximum absolute atomic E-state index is 12.2. The summed E-state index contributed by atoms with van der Waals surface area (Å²) in [5.41, 5.74) is 3.81. The molecule has 0 saturated carbocycles. The van der Waals surface area contributed by atoms with Gasteiger partial charge in [0, 0.05) is 29.9 Å². The van der Waals surface area contributed by atoms with Gasteiger partial charge in [0.15, 0.2) is 5.01 Å². The van der Waals surface area contributed by atoms with Gasteiger partial charge < -0.3 is 9.32 Å². The third-order valence-corrected chi connectivity index (χ3v) is 6.96. The molecule has 0 amide bonds. The Kier molecular flexibility index (Phi) is 4.49. The van der Waals surface area contributed by atoms with Crippen LogP contribution in [0.4, 0.5) is 0 Å². The highest BCUT2D eigenvalue weighted by atomic mass is 32.1. The van der Waals surface area contributed by atoms with Gasteiger partial charge in [-0.05, 0) is 30.2 Å². The number of para-hydroxylation sites is 1. The summed E-state index contributed by atoms with van der Waals surface area (Å²) in [6.45, 7) is 4.05. The van der Waals surface area contributed by atoms with Gasteiger partial charge in [-0.25, -0.2) is 9.78 Å². The van der Waals surface area contributed by atoms with Crippen LogP contribution >= 0.6 is 11.3 Å². The number of aryl methyl sites for hydroxylation is 1. The SMILES string of the molecule is CCc1ccc2c(C[NH+]3CCC[C@@H]3c3nc4ccccc4s3)cc(=O)oc2c1. The summed E-state index contributed by atoms with van der Waals surface area (Å²) in [4.78, 5) is 18.6. The minimum absolute atomic E-state index is 0.258. The molecule has 2 aromatic carbocycles. The van der Waals surface area contributed by atoms with Crippen molar-refractivity contribution in [2.75, 3.05) is 6.54 Å². The van der Waals surface area contributed by atoms with Crippen LogP contribution in [0.15, 0.2) is 57.7 Å². The van der Waals surface area contributed by atoms with Gasteiger partial charge in [0.2, 0.25) is 0 Å². The van der Waals surface area contributed by atoms with Gasteiger partial charge >= 0.3 is 5.63 Å². The molecule has 0 radical (unpaired) electrons. The lowest BCUT2D eigenvalue weighted by Gasteiger charge is -2.20. The molecule has 142 valence electrons. The van der Waals surface area contributed by atoms with Crippen LogP contribution in [-0.4, -0.2) is 11.5 Å². The Morgan fingerprint density at radius 3 is 2.96 bits per heavy atom. The van der Waals surface area contributed by atoms with E-state index in [1.165, 1.54) is 26.6 Å². The van der Waals surface area contributed by atoms with Gasteiger partial charge in [-0.1, -0.05) is 31.2 Å². The molecule has 28 heavy (non-hydrogen) atoms. The van der Waals surface area contributed by atoms with Crippen LogP contribution in [0.25, 0.3) is 21.2 Å². The zero-order valence-electron chi connectivity index (χ0n) is 15.9. The number of benzene rings is 2. The largest absolute Gasteiger partial charge is 0.423 e. The standard InChI is InChI=1S/C23H22N2O2S/c1-2-15-9-10-17-16(13-22(26)27-20(17)12-15)14-25-11-5-7-19(25)23-24-18-6-3-4-8-21(18)28-23/h3-4,6,8-10,12-13,19H,2,5,7,11,14H2,1H3/p+1/t19-/m1/s1. The van der Waals surface area contributed by atoms with Gasteiger partial charge in [-0.2, -0.15) is 0 Å². The van der Waals surface area contributed by atoms with Gasteiger partial charge in [0.25, 0.3) is 0 Å². The van der Waals surface area contributed by atoms with Crippen molar-refractivity contribution in [3.63, 3.8) is 0 Å². The average Bonchev–Trinajstić information content (AvgIpc) is 3.33. The lowest BCUT2D eigenvalue weighted by Crippen LogP contribution is -3.08. The van der Waals surface area contributed by atoms with Crippen LogP contribution < -0.4 is 10.5 Å². The number of thiazole rings is 1. The number of rotatable bonds is 4. The zero-order valence-corrected chi connectivity index (χ0v) is 16.7. The van der Waals surface area contributed by atoms with Crippen molar-refractivity contribution in [1.29, 1.82) is 0 Å². The molecule has 1 fully saturated rings. The first-order valence-corrected chi connectivity index (χ1v) is 10.8. The van der Waals surface area contributed by atoms with Gasteiger partial charge in [-0.15, -0.1) is 11.3 Å². The second-order valence-corrected chi connectivity index (χ2v) is 8.64. The molecule has 0 spiro atoms. The summed E-state index contributed by atoms with van der Waals surface area (Å²) in [7, 11) is 0. The van der Waals surface area contributed by atoms with E-state index in [-0.39, 0.29) is 5.63 Å². The quantitative estimate of drug-likeness (QED) is 0.537. The Bertz CT molecular complexity index is 1180. The lowest BCUT2D eigenvalue weighted by atomic mass is 10.1. The summed E-state index contributed by atoms with van der Waals surface area (Å²) in [5, 5.41) is 2.27. The van der Waals surface area contributed by atoms with Crippen LogP contribution in [0.5, 0.6) is 0 Å². The minimum Gasteiger partial charge on any atom is -0.423 e. The molecule has 1 N–H and O–H groups in total. The summed E-state index contributed by atoms with van der Waals surface area (Å²) in [5.74, 6) is 0. The Morgan fingerprint density at radius 2 is 2.11 bits per heavy atom. The molecular weight excluding hydrogens is 368 g/mol. The molecule has 0 bridgehead atoms. The van der Waals surface area contributed by atoms with Crippen molar-refractivity contribution >= 4 is 32.5 Å². The van der Waals surface area contributed by atoms with Crippen molar-refractivity contribution in [3.8, 4) is 0 Å². The molecule has 5 heteroatoms. The first-order valence-electron chi connectivity index (χ1n) is 9.97. The second-order valence-electron chi connectivity index (χ2n) is 7.57. The molecule has 4 nitrogen and oxygen atoms in total. The fourth-order valence-electron chi connectivity index (χ4n) is 4.35. The van der Waals surface area contributed by atoms with E-state index in [1.807, 2.05) is 23.5 Å². The van der Waals surface area contributed by atoms with E-state index in [0.717, 1.165) is 42.4 Å². The summed E-state index contributed by atoms with van der Waals surface area (Å²) in [6.07, 6.45) is 3.27. The monoisotopic (exact) mass is 391 g/mol. The number of hydrogen-bond donors (Lipinski definition) is 1. The van der Waals surface area contributed by atoms with Crippen LogP contribution in [-0.2, 0) is 13.0 Å². The zero-order chi connectivity index (χ0) is 19.1. The number of aromatic nitrogens is 1. The van der Waals surface area contributed by atoms with Crippen molar-refractivity contribution < 1.29 is 9.32 Å². The number of nitrogens with zero attached hydrogens (tertiary/aromatic N) is 1. The molecule has 1 unspecified atom stereocenters. The molecule has 2 atom stereocenters. The summed E-state index contributed by atoms with van der Waals surface area (Å²) in [6, 6.07) is 16.7. The highest BCUT2D eigenvalue weighted by molar-refractivity contribution is 7.18. The van der Waals surface area contributed by atoms with Crippen LogP contribution in [0.1, 0.15) is 41.9 Å². The number of likely N-dealkylation sites (tertiary alicyclic amines) is 1. The van der Waals surface area contributed by atoms with Crippen molar-refractivity contribution in [1.82, 2.24) is 4.98 Å². The maximum Gasteiger partial charge on any atom is 0.336 e. The number of nitrogens with one attached hydrogen (secondary N) is 1. The predicted molar refractivity (Wildman–Crippen MR) is 113 cm³/mol. The second kappa shape index (κ2) is 7.15. The summed E-state index contributed by atoms with van der Waals surface area (Å²) < 4.78 is 6.74. The molecule has 0 aliphatic carbocycles. The molecule has 1 aliphatic heterocycles. The molecular formula is C23H23N2O2S+. The predicted octanol–water partition coefficient (Wildman–Crippen LogP) is 3.89. The third-order valence-electron chi connectivity index (χ3n) is 5.81. The number of fused-ring (bicyclic) bond motifs is 2. The molecule has 1 aliphatic rings. The Morgan fingerprint density at radius 1 is 1.21 bits per heavy atom. The fourth-order valence-corrected chi connectivity index (χ4v) is 5.51. The molecule has 1 saturated heterocycles. The van der Waals surface area contributed by atoms with Crippen LogP contribution in [0.2, 0.25) is 0 Å². The number of hydrogen-bond acceptors (Lipinski definition) is 4. The van der Waals surface area contributed by atoms with E-state index in [2.05, 4.69) is 37.3 Å². The fraction of sp³-hybridized carbons (Fsp3) is 0.304. The van der Waals surface area contributed by atoms with E-state index in [9.17, 15) is 4.79 Å². The maximum atomic E-state index is 12.2. The van der Waals surface area contributed by atoms with E-state index >= 15 is 0 Å². The highest BCUT2D eigenvalue weighted by Crippen LogP contribution is 2.29. The topological polar surface area (TPSA) is 47.5 Å². The average molecular weight is 392 g/mol. The molecule has 5 rings (SSSR count). The van der Waals surface area contributed by atoms with Gasteiger partial charge in [0.05, 0.1) is 16.8 Å². The minimum atomic E-state index is -0.258. The molecule has 2 aromatic heterocycles. The first-order chi connectivity index (χ1) is 13.7. The summed E-state index contributed by atoms with van der Waals surface area (Å²) >= 11 is 1.81. The number of quaternary nitrogens is 1.